The number of ether oxygens (including phenoxy) is 1. The normalized spacial score (nSPS) is 15.4. The highest BCUT2D eigenvalue weighted by Crippen LogP contribution is 2.19. The zero-order chi connectivity index (χ0) is 10.8. The number of methoxy groups -OCH3 is 1. The van der Waals surface area contributed by atoms with Gasteiger partial charge < -0.3 is 4.74 Å². The Morgan fingerprint density at radius 3 is 2.82 bits per heavy atom. The van der Waals surface area contributed by atoms with Crippen molar-refractivity contribution in [1.82, 2.24) is 9.97 Å². The van der Waals surface area contributed by atoms with Crippen molar-refractivity contribution in [3.8, 4) is 5.88 Å². The first-order valence-corrected chi connectivity index (χ1v) is 3.40. The molecule has 0 aliphatic heterocycles. The fourth-order valence-corrected chi connectivity index (χ4v) is 0.811. The molecular weight excluding hydrogens is 140 g/mol. The van der Waals surface area contributed by atoms with Crippen LogP contribution < -0.4 is 4.74 Å². The third kappa shape index (κ3) is 1.67. The molecule has 0 saturated heterocycles. The summed E-state index contributed by atoms with van der Waals surface area (Å²) < 4.78 is 25.6. The third-order valence-electron chi connectivity index (χ3n) is 1.33. The molecule has 0 aromatic carbocycles. The maximum Gasteiger partial charge on any atom is 0.235 e. The monoisotopic (exact) mass is 155 g/mol. The molecule has 60 valence electrons. The Labute approximate surface area is 70.7 Å². The summed E-state index contributed by atoms with van der Waals surface area (Å²) in [5.41, 5.74) is 0.559. The number of aromatic nitrogens is 2. The quantitative estimate of drug-likeness (QED) is 0.650. The van der Waals surface area contributed by atoms with Gasteiger partial charge in [0.05, 0.1) is 11.2 Å². The van der Waals surface area contributed by atoms with E-state index in [1.54, 1.807) is 0 Å². The lowest BCUT2D eigenvalue weighted by molar-refractivity contribution is 0.386. The molecule has 3 nitrogen and oxygen atoms in total. The van der Waals surface area contributed by atoms with Gasteiger partial charge in [0.1, 0.15) is 5.69 Å². The van der Waals surface area contributed by atoms with Crippen molar-refractivity contribution < 1.29 is 8.85 Å². The zero-order valence-electron chi connectivity index (χ0n) is 9.53. The molecule has 0 N–H and O–H groups in total. The van der Waals surface area contributed by atoms with E-state index in [9.17, 15) is 0 Å². The van der Waals surface area contributed by atoms with Crippen LogP contribution in [0.15, 0.2) is 12.4 Å². The summed E-state index contributed by atoms with van der Waals surface area (Å²) in [6.07, 6.45) is 2.93. The Balaban J connectivity index is 2.96. The minimum absolute atomic E-state index is 0.0843. The van der Waals surface area contributed by atoms with Crippen molar-refractivity contribution in [1.29, 1.82) is 0 Å². The fourth-order valence-electron chi connectivity index (χ4n) is 0.811. The van der Waals surface area contributed by atoms with Crippen LogP contribution in [-0.2, 0) is 0 Å². The van der Waals surface area contributed by atoms with Gasteiger partial charge in [-0.3, -0.25) is 4.98 Å². The predicted molar refractivity (Wildman–Crippen MR) is 42.7 cm³/mol. The molecule has 0 radical (unpaired) electrons. The van der Waals surface area contributed by atoms with Gasteiger partial charge in [-0.25, -0.2) is 4.98 Å². The van der Waals surface area contributed by atoms with Crippen LogP contribution in [0, 0.1) is 0 Å². The van der Waals surface area contributed by atoms with E-state index in [1.807, 2.05) is 13.8 Å². The van der Waals surface area contributed by atoms with E-state index in [2.05, 4.69) is 9.97 Å². The largest absolute Gasteiger partial charge is 0.480 e. The van der Waals surface area contributed by atoms with Gasteiger partial charge in [-0.15, -0.1) is 0 Å². The van der Waals surface area contributed by atoms with Gasteiger partial charge >= 0.3 is 0 Å². The van der Waals surface area contributed by atoms with E-state index in [1.165, 1.54) is 12.4 Å². The van der Waals surface area contributed by atoms with Crippen molar-refractivity contribution in [2.45, 2.75) is 19.8 Å². The van der Waals surface area contributed by atoms with Gasteiger partial charge in [0.2, 0.25) is 5.88 Å². The SMILES string of the molecule is [2H]C([2H])([2H])Oc1nccnc1C(C)C. The van der Waals surface area contributed by atoms with Crippen LogP contribution in [0.5, 0.6) is 5.88 Å². The molecule has 11 heavy (non-hydrogen) atoms. The van der Waals surface area contributed by atoms with Crippen LogP contribution in [-0.4, -0.2) is 17.0 Å². The van der Waals surface area contributed by atoms with E-state index in [0.29, 0.717) is 5.69 Å². The molecule has 3 heteroatoms. The van der Waals surface area contributed by atoms with Gasteiger partial charge in [-0.2, -0.15) is 0 Å². The molecule has 0 aliphatic carbocycles. The smallest absolute Gasteiger partial charge is 0.235 e. The first-order chi connectivity index (χ1) is 6.40. The van der Waals surface area contributed by atoms with Gasteiger partial charge in [0.25, 0.3) is 0 Å². The first kappa shape index (κ1) is 4.70. The average molecular weight is 155 g/mol. The Kier molecular flexibility index (Phi) is 1.42. The lowest BCUT2D eigenvalue weighted by atomic mass is 10.1. The zero-order valence-corrected chi connectivity index (χ0v) is 6.53. The van der Waals surface area contributed by atoms with Gasteiger partial charge in [-0.1, -0.05) is 13.8 Å². The second-order valence-electron chi connectivity index (χ2n) is 2.50. The summed E-state index contributed by atoms with van der Waals surface area (Å²) in [7, 11) is -2.47. The number of hydrogen-bond donors (Lipinski definition) is 0. The average Bonchev–Trinajstić information content (AvgIpc) is 2.01. The Bertz CT molecular complexity index is 312. The summed E-state index contributed by atoms with van der Waals surface area (Å²) in [5.74, 6) is 0.170. The van der Waals surface area contributed by atoms with Crippen molar-refractivity contribution in [2.24, 2.45) is 0 Å². The van der Waals surface area contributed by atoms with Gasteiger partial charge in [0, 0.05) is 18.3 Å². The molecular formula is C8H12N2O. The summed E-state index contributed by atoms with van der Waals surface area (Å²) >= 11 is 0. The van der Waals surface area contributed by atoms with Crippen LogP contribution in [0.25, 0.3) is 0 Å². The van der Waals surface area contributed by atoms with Crippen LogP contribution in [0.3, 0.4) is 0 Å². The molecule has 1 aromatic rings. The second-order valence-corrected chi connectivity index (χ2v) is 2.50. The number of hydrogen-bond acceptors (Lipinski definition) is 3. The molecule has 1 heterocycles. The van der Waals surface area contributed by atoms with E-state index >= 15 is 0 Å². The molecule has 1 aromatic heterocycles. The van der Waals surface area contributed by atoms with Crippen LogP contribution >= 0.6 is 0 Å². The minimum Gasteiger partial charge on any atom is -0.480 e. The van der Waals surface area contributed by atoms with Crippen LogP contribution in [0.4, 0.5) is 0 Å². The highest BCUT2D eigenvalue weighted by molar-refractivity contribution is 5.20. The molecule has 0 atom stereocenters. The van der Waals surface area contributed by atoms with E-state index in [-0.39, 0.29) is 11.8 Å². The minimum atomic E-state index is -2.47. The van der Waals surface area contributed by atoms with Crippen molar-refractivity contribution >= 4 is 0 Å². The molecule has 1 rings (SSSR count). The molecule has 0 unspecified atom stereocenters. The van der Waals surface area contributed by atoms with Crippen LogP contribution in [0.1, 0.15) is 29.6 Å². The molecule has 0 spiro atoms. The van der Waals surface area contributed by atoms with Crippen molar-refractivity contribution in [2.75, 3.05) is 7.04 Å². The lowest BCUT2D eigenvalue weighted by Gasteiger charge is -2.07. The lowest BCUT2D eigenvalue weighted by Crippen LogP contribution is -1.99. The molecule has 0 amide bonds. The molecule has 0 bridgehead atoms. The summed E-state index contributed by atoms with van der Waals surface area (Å²) in [5, 5.41) is 0. The second kappa shape index (κ2) is 3.32. The van der Waals surface area contributed by atoms with Crippen molar-refractivity contribution in [3.63, 3.8) is 0 Å². The van der Waals surface area contributed by atoms with Crippen LogP contribution in [0.2, 0.25) is 0 Å². The maximum absolute atomic E-state index is 6.95. The molecule has 0 fully saturated rings. The third-order valence-corrected chi connectivity index (χ3v) is 1.33. The topological polar surface area (TPSA) is 35.0 Å². The number of nitrogens with zero attached hydrogens (tertiary/aromatic N) is 2. The van der Waals surface area contributed by atoms with E-state index in [4.69, 9.17) is 8.85 Å². The Morgan fingerprint density at radius 2 is 2.18 bits per heavy atom. The number of rotatable bonds is 2. The van der Waals surface area contributed by atoms with Gasteiger partial charge in [-0.05, 0) is 0 Å². The fraction of sp³-hybridized carbons (Fsp3) is 0.500. The summed E-state index contributed by atoms with van der Waals surface area (Å²) in [4.78, 5) is 7.87. The maximum atomic E-state index is 6.95. The standard InChI is InChI=1S/C8H12N2O/c1-6(2)7-8(11-3)10-5-4-9-7/h4-6H,1-3H3/i3D3. The summed E-state index contributed by atoms with van der Waals surface area (Å²) in [6, 6.07) is 0. The van der Waals surface area contributed by atoms with E-state index < -0.39 is 7.04 Å². The predicted octanol–water partition coefficient (Wildman–Crippen LogP) is 1.61. The Morgan fingerprint density at radius 1 is 1.45 bits per heavy atom. The molecule has 0 saturated carbocycles. The first-order valence-electron chi connectivity index (χ1n) is 4.90. The van der Waals surface area contributed by atoms with E-state index in [0.717, 1.165) is 0 Å². The Hall–Kier alpha value is -1.12. The van der Waals surface area contributed by atoms with Crippen molar-refractivity contribution in [3.05, 3.63) is 18.1 Å². The summed E-state index contributed by atoms with van der Waals surface area (Å²) in [6.45, 7) is 3.80. The highest BCUT2D eigenvalue weighted by Gasteiger charge is 2.07. The highest BCUT2D eigenvalue weighted by atomic mass is 16.5. The molecule has 0 aliphatic rings. The van der Waals surface area contributed by atoms with Gasteiger partial charge in [0.15, 0.2) is 0 Å².